The Kier molecular flexibility index (Phi) is 3.81. The van der Waals surface area contributed by atoms with Crippen molar-refractivity contribution in [3.63, 3.8) is 0 Å². The number of nitriles is 1. The number of fused-ring (bicyclic) bond motifs is 3. The lowest BCUT2D eigenvalue weighted by Crippen LogP contribution is -2.00. The van der Waals surface area contributed by atoms with Crippen LogP contribution in [0.4, 0.5) is 8.78 Å². The highest BCUT2D eigenvalue weighted by Crippen LogP contribution is 2.31. The van der Waals surface area contributed by atoms with Gasteiger partial charge in [-0.2, -0.15) is 5.26 Å². The first-order valence-corrected chi connectivity index (χ1v) is 8.88. The molecular formula is C23H12F2N4. The molecule has 0 aliphatic rings. The van der Waals surface area contributed by atoms with Gasteiger partial charge >= 0.3 is 0 Å². The topological polar surface area (TPSA) is 54.5 Å². The molecule has 0 unspecified atom stereocenters. The maximum Gasteiger partial charge on any atom is 0.162 e. The number of halogens is 2. The van der Waals surface area contributed by atoms with E-state index in [1.165, 1.54) is 12.1 Å². The number of hydrogen-bond acceptors (Lipinski definition) is 3. The standard InChI is InChI=1S/C23H12F2N4/c24-19-10-9-17(22(25)18(19)11-26)23-27-12-14(13-28-23)29-20-7-3-1-5-15(20)16-6-2-4-8-21(16)29/h1-10,12-13H. The summed E-state index contributed by atoms with van der Waals surface area (Å²) in [6, 6.07) is 19.9. The van der Waals surface area contributed by atoms with Gasteiger partial charge in [-0.15, -0.1) is 0 Å². The zero-order valence-corrected chi connectivity index (χ0v) is 15.0. The number of hydrogen-bond donors (Lipinski definition) is 0. The Balaban J connectivity index is 1.68. The largest absolute Gasteiger partial charge is 0.306 e. The van der Waals surface area contributed by atoms with Gasteiger partial charge in [-0.1, -0.05) is 36.4 Å². The molecule has 2 heterocycles. The van der Waals surface area contributed by atoms with Crippen LogP contribution in [0.3, 0.4) is 0 Å². The van der Waals surface area contributed by atoms with Crippen molar-refractivity contribution >= 4 is 21.8 Å². The van der Waals surface area contributed by atoms with Gasteiger partial charge in [0, 0.05) is 10.8 Å². The van der Waals surface area contributed by atoms with Crippen LogP contribution in [0.5, 0.6) is 0 Å². The molecule has 0 aliphatic heterocycles. The van der Waals surface area contributed by atoms with E-state index < -0.39 is 17.2 Å². The van der Waals surface area contributed by atoms with Crippen molar-refractivity contribution in [1.29, 1.82) is 5.26 Å². The third-order valence-corrected chi connectivity index (χ3v) is 4.92. The molecule has 138 valence electrons. The predicted octanol–water partition coefficient (Wildman–Crippen LogP) is 5.39. The molecule has 0 saturated heterocycles. The molecule has 5 aromatic rings. The maximum atomic E-state index is 14.5. The molecule has 0 fully saturated rings. The molecule has 3 aromatic carbocycles. The van der Waals surface area contributed by atoms with Crippen LogP contribution in [-0.2, 0) is 0 Å². The second-order valence-corrected chi connectivity index (χ2v) is 6.53. The van der Waals surface area contributed by atoms with Gasteiger partial charge in [0.05, 0.1) is 34.7 Å². The van der Waals surface area contributed by atoms with Gasteiger partial charge in [0.25, 0.3) is 0 Å². The predicted molar refractivity (Wildman–Crippen MR) is 106 cm³/mol. The minimum atomic E-state index is -0.961. The average Bonchev–Trinajstić information content (AvgIpc) is 3.09. The van der Waals surface area contributed by atoms with Crippen LogP contribution in [0.2, 0.25) is 0 Å². The van der Waals surface area contributed by atoms with Gasteiger partial charge in [0.1, 0.15) is 17.4 Å². The Bertz CT molecular complexity index is 1380. The summed E-state index contributed by atoms with van der Waals surface area (Å²) >= 11 is 0. The summed E-state index contributed by atoms with van der Waals surface area (Å²) in [6.45, 7) is 0. The molecule has 0 atom stereocenters. The summed E-state index contributed by atoms with van der Waals surface area (Å²) in [5, 5.41) is 11.2. The van der Waals surface area contributed by atoms with Gasteiger partial charge in [-0.25, -0.2) is 18.7 Å². The smallest absolute Gasteiger partial charge is 0.162 e. The molecular weight excluding hydrogens is 370 g/mol. The van der Waals surface area contributed by atoms with Crippen molar-refractivity contribution in [3.05, 3.63) is 90.3 Å². The molecule has 4 nitrogen and oxygen atoms in total. The van der Waals surface area contributed by atoms with Crippen molar-refractivity contribution in [2.75, 3.05) is 0 Å². The summed E-state index contributed by atoms with van der Waals surface area (Å²) in [5.74, 6) is -1.78. The Morgan fingerprint density at radius 1 is 0.793 bits per heavy atom. The summed E-state index contributed by atoms with van der Waals surface area (Å²) < 4.78 is 30.1. The molecule has 0 saturated carbocycles. The van der Waals surface area contributed by atoms with E-state index in [1.807, 2.05) is 41.0 Å². The van der Waals surface area contributed by atoms with Crippen LogP contribution in [0.1, 0.15) is 5.56 Å². The van der Waals surface area contributed by atoms with E-state index in [9.17, 15) is 8.78 Å². The highest BCUT2D eigenvalue weighted by Gasteiger charge is 2.17. The number of para-hydroxylation sites is 2. The summed E-state index contributed by atoms with van der Waals surface area (Å²) in [6.07, 6.45) is 3.19. The highest BCUT2D eigenvalue weighted by atomic mass is 19.1. The van der Waals surface area contributed by atoms with Crippen LogP contribution in [-0.4, -0.2) is 14.5 Å². The number of benzene rings is 3. The zero-order valence-electron chi connectivity index (χ0n) is 15.0. The number of nitrogens with zero attached hydrogens (tertiary/aromatic N) is 4. The first-order valence-electron chi connectivity index (χ1n) is 8.88. The Morgan fingerprint density at radius 2 is 1.38 bits per heavy atom. The van der Waals surface area contributed by atoms with E-state index in [0.29, 0.717) is 5.69 Å². The van der Waals surface area contributed by atoms with Gasteiger partial charge in [0.2, 0.25) is 0 Å². The fraction of sp³-hybridized carbons (Fsp3) is 0. The maximum absolute atomic E-state index is 14.5. The summed E-state index contributed by atoms with van der Waals surface area (Å²) in [5.41, 5.74) is 2.07. The Labute approximate surface area is 164 Å². The second-order valence-electron chi connectivity index (χ2n) is 6.53. The fourth-order valence-corrected chi connectivity index (χ4v) is 3.60. The van der Waals surface area contributed by atoms with Crippen LogP contribution in [0.15, 0.2) is 73.1 Å². The van der Waals surface area contributed by atoms with E-state index in [-0.39, 0.29) is 11.4 Å². The number of aromatic nitrogens is 3. The van der Waals surface area contributed by atoms with Gasteiger partial charge < -0.3 is 4.57 Å². The van der Waals surface area contributed by atoms with Crippen LogP contribution < -0.4 is 0 Å². The SMILES string of the molecule is N#Cc1c(F)ccc(-c2ncc(-n3c4ccccc4c4ccccc43)cn2)c1F. The lowest BCUT2D eigenvalue weighted by atomic mass is 10.1. The van der Waals surface area contributed by atoms with E-state index in [1.54, 1.807) is 12.4 Å². The molecule has 0 amide bonds. The normalized spacial score (nSPS) is 11.1. The van der Waals surface area contributed by atoms with E-state index >= 15 is 0 Å². The number of rotatable bonds is 2. The van der Waals surface area contributed by atoms with Crippen molar-refractivity contribution < 1.29 is 8.78 Å². The van der Waals surface area contributed by atoms with E-state index in [4.69, 9.17) is 5.26 Å². The third kappa shape index (κ3) is 2.56. The third-order valence-electron chi connectivity index (χ3n) is 4.92. The summed E-state index contributed by atoms with van der Waals surface area (Å²) in [4.78, 5) is 8.56. The van der Waals surface area contributed by atoms with E-state index in [0.717, 1.165) is 27.9 Å². The van der Waals surface area contributed by atoms with E-state index in [2.05, 4.69) is 22.1 Å². The van der Waals surface area contributed by atoms with Crippen molar-refractivity contribution in [3.8, 4) is 23.1 Å². The molecule has 0 aliphatic carbocycles. The molecule has 2 aromatic heterocycles. The first kappa shape index (κ1) is 17.0. The lowest BCUT2D eigenvalue weighted by molar-refractivity contribution is 0.578. The van der Waals surface area contributed by atoms with Crippen molar-refractivity contribution in [2.45, 2.75) is 0 Å². The highest BCUT2D eigenvalue weighted by molar-refractivity contribution is 6.09. The fourth-order valence-electron chi connectivity index (χ4n) is 3.60. The molecule has 5 rings (SSSR count). The van der Waals surface area contributed by atoms with Crippen molar-refractivity contribution in [2.24, 2.45) is 0 Å². The lowest BCUT2D eigenvalue weighted by Gasteiger charge is -2.08. The van der Waals surface area contributed by atoms with Crippen LogP contribution >= 0.6 is 0 Å². The van der Waals surface area contributed by atoms with Crippen molar-refractivity contribution in [1.82, 2.24) is 14.5 Å². The monoisotopic (exact) mass is 382 g/mol. The van der Waals surface area contributed by atoms with Gasteiger partial charge in [-0.05, 0) is 24.3 Å². The van der Waals surface area contributed by atoms with Crippen LogP contribution in [0.25, 0.3) is 38.9 Å². The second kappa shape index (κ2) is 6.50. The minimum Gasteiger partial charge on any atom is -0.306 e. The van der Waals surface area contributed by atoms with Gasteiger partial charge in [-0.3, -0.25) is 0 Å². The first-order chi connectivity index (χ1) is 14.2. The van der Waals surface area contributed by atoms with Gasteiger partial charge in [0.15, 0.2) is 11.6 Å². The molecule has 0 bridgehead atoms. The molecule has 0 spiro atoms. The Morgan fingerprint density at radius 3 is 1.97 bits per heavy atom. The zero-order chi connectivity index (χ0) is 20.0. The van der Waals surface area contributed by atoms with Crippen LogP contribution in [0, 0.1) is 23.0 Å². The molecule has 0 radical (unpaired) electrons. The minimum absolute atomic E-state index is 0.0169. The summed E-state index contributed by atoms with van der Waals surface area (Å²) in [7, 11) is 0. The quantitative estimate of drug-likeness (QED) is 0.411. The Hall–Kier alpha value is -4.11. The molecule has 0 N–H and O–H groups in total. The molecule has 29 heavy (non-hydrogen) atoms. The molecule has 6 heteroatoms. The average molecular weight is 382 g/mol.